The SMILES string of the molecule is CCCCCC[C@H]1CC[C@H](C2CCC(C3CCCC(C#N)(CC)C3)CC2)CC1. The fraction of sp³-hybridized carbons (Fsp3) is 0.963. The van der Waals surface area contributed by atoms with Crippen molar-refractivity contribution in [2.45, 2.75) is 129 Å². The second-order valence-electron chi connectivity index (χ2n) is 10.9. The Balaban J connectivity index is 1.37. The molecule has 2 unspecified atom stereocenters. The maximum atomic E-state index is 9.72. The lowest BCUT2D eigenvalue weighted by Crippen LogP contribution is -2.33. The molecule has 0 aliphatic heterocycles. The van der Waals surface area contributed by atoms with Gasteiger partial charge in [-0.1, -0.05) is 71.6 Å². The molecule has 0 amide bonds. The smallest absolute Gasteiger partial charge is 0.0689 e. The highest BCUT2D eigenvalue weighted by Gasteiger charge is 2.40. The summed E-state index contributed by atoms with van der Waals surface area (Å²) in [5.41, 5.74) is 0.0231. The molecule has 3 fully saturated rings. The first-order valence-corrected chi connectivity index (χ1v) is 13.1. The lowest BCUT2D eigenvalue weighted by molar-refractivity contribution is 0.0838. The number of unbranched alkanes of at least 4 members (excludes halogenated alkanes) is 3. The summed E-state index contributed by atoms with van der Waals surface area (Å²) in [5.74, 6) is 4.93. The van der Waals surface area contributed by atoms with Crippen molar-refractivity contribution in [1.82, 2.24) is 0 Å². The Morgan fingerprint density at radius 2 is 1.36 bits per heavy atom. The van der Waals surface area contributed by atoms with Crippen LogP contribution in [0.15, 0.2) is 0 Å². The van der Waals surface area contributed by atoms with Gasteiger partial charge in [0.15, 0.2) is 0 Å². The maximum absolute atomic E-state index is 9.72. The van der Waals surface area contributed by atoms with Crippen molar-refractivity contribution in [2.24, 2.45) is 35.0 Å². The van der Waals surface area contributed by atoms with Crippen LogP contribution >= 0.6 is 0 Å². The number of rotatable bonds is 8. The van der Waals surface area contributed by atoms with Gasteiger partial charge in [-0.25, -0.2) is 0 Å². The fourth-order valence-corrected chi connectivity index (χ4v) is 7.21. The topological polar surface area (TPSA) is 23.8 Å². The van der Waals surface area contributed by atoms with Crippen LogP contribution in [0.1, 0.15) is 129 Å². The molecule has 0 spiro atoms. The van der Waals surface area contributed by atoms with Gasteiger partial charge in [0.25, 0.3) is 0 Å². The highest BCUT2D eigenvalue weighted by molar-refractivity contribution is 5.02. The minimum Gasteiger partial charge on any atom is -0.198 e. The highest BCUT2D eigenvalue weighted by Crippen LogP contribution is 2.49. The van der Waals surface area contributed by atoms with Crippen LogP contribution in [0.4, 0.5) is 0 Å². The van der Waals surface area contributed by atoms with E-state index in [2.05, 4.69) is 19.9 Å². The van der Waals surface area contributed by atoms with Gasteiger partial charge in [0, 0.05) is 0 Å². The van der Waals surface area contributed by atoms with Crippen molar-refractivity contribution < 1.29 is 0 Å². The second-order valence-corrected chi connectivity index (χ2v) is 10.9. The van der Waals surface area contributed by atoms with Gasteiger partial charge in [-0.2, -0.15) is 5.26 Å². The predicted molar refractivity (Wildman–Crippen MR) is 120 cm³/mol. The second kappa shape index (κ2) is 11.0. The minimum absolute atomic E-state index is 0.0231. The van der Waals surface area contributed by atoms with Gasteiger partial charge in [0.1, 0.15) is 0 Å². The molecular weight excluding hydrogens is 338 g/mol. The van der Waals surface area contributed by atoms with Crippen molar-refractivity contribution in [1.29, 1.82) is 5.26 Å². The Morgan fingerprint density at radius 3 is 1.93 bits per heavy atom. The predicted octanol–water partition coefficient (Wildman–Crippen LogP) is 8.68. The Labute approximate surface area is 176 Å². The van der Waals surface area contributed by atoms with Crippen LogP contribution in [0.2, 0.25) is 0 Å². The molecule has 0 heterocycles. The summed E-state index contributed by atoms with van der Waals surface area (Å²) in [6.45, 7) is 4.56. The molecule has 0 aromatic heterocycles. The maximum Gasteiger partial charge on any atom is 0.0689 e. The molecule has 3 rings (SSSR count). The standard InChI is InChI=1S/C27H47N/c1-3-5-6-7-9-22-11-13-23(14-12-22)24-15-17-25(18-16-24)26-10-8-19-27(4-2,20-26)21-28/h22-26H,3-20H2,1-2H3/t22-,23-,24?,25?,26?,27?. The van der Waals surface area contributed by atoms with Crippen LogP contribution in [-0.4, -0.2) is 0 Å². The molecule has 28 heavy (non-hydrogen) atoms. The van der Waals surface area contributed by atoms with E-state index in [-0.39, 0.29) is 5.41 Å². The van der Waals surface area contributed by atoms with E-state index in [0.29, 0.717) is 0 Å². The van der Waals surface area contributed by atoms with Crippen LogP contribution in [0.5, 0.6) is 0 Å². The van der Waals surface area contributed by atoms with Crippen molar-refractivity contribution in [3.63, 3.8) is 0 Å². The van der Waals surface area contributed by atoms with E-state index in [0.717, 1.165) is 42.4 Å². The van der Waals surface area contributed by atoms with Gasteiger partial charge >= 0.3 is 0 Å². The molecule has 2 atom stereocenters. The molecule has 1 nitrogen and oxygen atoms in total. The number of nitriles is 1. The van der Waals surface area contributed by atoms with Gasteiger partial charge in [-0.15, -0.1) is 0 Å². The third kappa shape index (κ3) is 5.77. The highest BCUT2D eigenvalue weighted by atomic mass is 14.5. The molecule has 160 valence electrons. The summed E-state index contributed by atoms with van der Waals surface area (Å²) in [6, 6.07) is 2.72. The van der Waals surface area contributed by atoms with Gasteiger partial charge in [-0.3, -0.25) is 0 Å². The van der Waals surface area contributed by atoms with Gasteiger partial charge in [0.2, 0.25) is 0 Å². The van der Waals surface area contributed by atoms with E-state index < -0.39 is 0 Å². The van der Waals surface area contributed by atoms with E-state index in [1.165, 1.54) is 103 Å². The molecular formula is C27H47N. The van der Waals surface area contributed by atoms with Gasteiger partial charge < -0.3 is 0 Å². The van der Waals surface area contributed by atoms with Crippen LogP contribution in [0.3, 0.4) is 0 Å². The van der Waals surface area contributed by atoms with Gasteiger partial charge in [0.05, 0.1) is 11.5 Å². The summed E-state index contributed by atoms with van der Waals surface area (Å²) in [7, 11) is 0. The molecule has 0 N–H and O–H groups in total. The Bertz CT molecular complexity index is 475. The molecule has 1 heteroatoms. The Kier molecular flexibility index (Phi) is 8.74. The minimum atomic E-state index is 0.0231. The van der Waals surface area contributed by atoms with E-state index in [1.54, 1.807) is 0 Å². The van der Waals surface area contributed by atoms with E-state index in [9.17, 15) is 5.26 Å². The van der Waals surface area contributed by atoms with Crippen LogP contribution in [0, 0.1) is 46.3 Å². The van der Waals surface area contributed by atoms with Crippen molar-refractivity contribution in [3.8, 4) is 6.07 Å². The normalized spacial score (nSPS) is 39.4. The number of hydrogen-bond donors (Lipinski definition) is 0. The van der Waals surface area contributed by atoms with Crippen LogP contribution < -0.4 is 0 Å². The van der Waals surface area contributed by atoms with Crippen molar-refractivity contribution in [2.75, 3.05) is 0 Å². The van der Waals surface area contributed by atoms with Crippen LogP contribution in [0.25, 0.3) is 0 Å². The first-order chi connectivity index (χ1) is 13.7. The summed E-state index contributed by atoms with van der Waals surface area (Å²) < 4.78 is 0. The molecule has 0 aromatic carbocycles. The molecule has 0 aromatic rings. The lowest BCUT2D eigenvalue weighted by Gasteiger charge is -2.43. The molecule has 0 bridgehead atoms. The molecule has 3 aliphatic rings. The Morgan fingerprint density at radius 1 is 0.750 bits per heavy atom. The number of nitrogens with zero attached hydrogens (tertiary/aromatic N) is 1. The average molecular weight is 386 g/mol. The largest absolute Gasteiger partial charge is 0.198 e. The van der Waals surface area contributed by atoms with Gasteiger partial charge in [-0.05, 0) is 87.4 Å². The summed E-state index contributed by atoms with van der Waals surface area (Å²) >= 11 is 0. The average Bonchev–Trinajstić information content (AvgIpc) is 2.77. The molecule has 0 saturated heterocycles. The summed E-state index contributed by atoms with van der Waals surface area (Å²) in [5, 5.41) is 9.72. The van der Waals surface area contributed by atoms with Crippen LogP contribution in [-0.2, 0) is 0 Å². The quantitative estimate of drug-likeness (QED) is 0.383. The monoisotopic (exact) mass is 385 g/mol. The first kappa shape index (κ1) is 22.2. The molecule has 0 radical (unpaired) electrons. The third-order valence-corrected chi connectivity index (χ3v) is 9.30. The van der Waals surface area contributed by atoms with E-state index >= 15 is 0 Å². The number of hydrogen-bond acceptors (Lipinski definition) is 1. The zero-order valence-electron chi connectivity index (χ0n) is 19.1. The Hall–Kier alpha value is -0.510. The zero-order chi connectivity index (χ0) is 19.8. The lowest BCUT2D eigenvalue weighted by atomic mass is 9.61. The van der Waals surface area contributed by atoms with Crippen molar-refractivity contribution >= 4 is 0 Å². The fourth-order valence-electron chi connectivity index (χ4n) is 7.21. The molecule has 3 saturated carbocycles. The van der Waals surface area contributed by atoms with E-state index in [1.807, 2.05) is 0 Å². The summed E-state index contributed by atoms with van der Waals surface area (Å²) in [4.78, 5) is 0. The first-order valence-electron chi connectivity index (χ1n) is 13.1. The van der Waals surface area contributed by atoms with E-state index in [4.69, 9.17) is 0 Å². The summed E-state index contributed by atoms with van der Waals surface area (Å²) in [6.07, 6.45) is 25.5. The third-order valence-electron chi connectivity index (χ3n) is 9.30. The zero-order valence-corrected chi connectivity index (χ0v) is 19.1. The van der Waals surface area contributed by atoms with Crippen molar-refractivity contribution in [3.05, 3.63) is 0 Å². The molecule has 3 aliphatic carbocycles.